The average Bonchev–Trinajstić information content (AvgIpc) is 2.76. The minimum Gasteiger partial charge on any atom is -0.454 e. The molecule has 0 radical (unpaired) electrons. The maximum atomic E-state index is 13.6. The third-order valence-electron chi connectivity index (χ3n) is 2.52. The van der Waals surface area contributed by atoms with Gasteiger partial charge in [-0.1, -0.05) is 11.6 Å². The number of nitrogens with zero attached hydrogens (tertiary/aromatic N) is 1. The van der Waals surface area contributed by atoms with E-state index in [4.69, 9.17) is 21.1 Å². The number of rotatable bonds is 1. The fraction of sp³-hybridized carbons (Fsp3) is 0.0833. The van der Waals surface area contributed by atoms with Gasteiger partial charge in [-0.25, -0.2) is 4.39 Å². The Hall–Kier alpha value is -1.81. The molecule has 2 heterocycles. The fourth-order valence-electron chi connectivity index (χ4n) is 1.72. The zero-order valence-electron chi connectivity index (χ0n) is 8.61. The molecule has 1 aliphatic heterocycles. The molecular weight excluding hydrogens is 245 g/mol. The van der Waals surface area contributed by atoms with Gasteiger partial charge in [-0.3, -0.25) is 4.98 Å². The lowest BCUT2D eigenvalue weighted by Gasteiger charge is -2.06. The molecule has 1 aromatic heterocycles. The monoisotopic (exact) mass is 251 g/mol. The Morgan fingerprint density at radius 3 is 2.71 bits per heavy atom. The molecule has 1 aromatic carbocycles. The number of benzene rings is 1. The summed E-state index contributed by atoms with van der Waals surface area (Å²) in [6, 6.07) is 4.86. The maximum Gasteiger partial charge on any atom is 0.231 e. The third kappa shape index (κ3) is 1.70. The average molecular weight is 252 g/mol. The van der Waals surface area contributed by atoms with Crippen LogP contribution in [0, 0.1) is 5.82 Å². The zero-order valence-corrected chi connectivity index (χ0v) is 9.37. The molecular formula is C12H7ClFNO2. The van der Waals surface area contributed by atoms with Gasteiger partial charge in [0.15, 0.2) is 11.5 Å². The molecule has 1 aliphatic rings. The highest BCUT2D eigenvalue weighted by molar-refractivity contribution is 6.33. The van der Waals surface area contributed by atoms with E-state index in [1.54, 1.807) is 18.2 Å². The normalized spacial score (nSPS) is 12.8. The van der Waals surface area contributed by atoms with Gasteiger partial charge in [-0.2, -0.15) is 0 Å². The van der Waals surface area contributed by atoms with Crippen LogP contribution in [-0.2, 0) is 0 Å². The Balaban J connectivity index is 2.19. The molecule has 0 N–H and O–H groups in total. The van der Waals surface area contributed by atoms with Crippen molar-refractivity contribution in [1.29, 1.82) is 0 Å². The minimum atomic E-state index is -0.423. The van der Waals surface area contributed by atoms with Crippen molar-refractivity contribution in [1.82, 2.24) is 4.98 Å². The highest BCUT2D eigenvalue weighted by Gasteiger charge is 2.18. The maximum absolute atomic E-state index is 13.6. The van der Waals surface area contributed by atoms with Crippen LogP contribution in [0.4, 0.5) is 4.39 Å². The second-order valence-electron chi connectivity index (χ2n) is 3.54. The van der Waals surface area contributed by atoms with Gasteiger partial charge in [0.1, 0.15) is 5.82 Å². The number of hydrogen-bond donors (Lipinski definition) is 0. The van der Waals surface area contributed by atoms with Crippen molar-refractivity contribution in [3.63, 3.8) is 0 Å². The Labute approximate surface area is 102 Å². The Morgan fingerprint density at radius 2 is 1.94 bits per heavy atom. The molecule has 0 unspecified atom stereocenters. The van der Waals surface area contributed by atoms with Crippen LogP contribution < -0.4 is 9.47 Å². The summed E-state index contributed by atoms with van der Waals surface area (Å²) in [5.41, 5.74) is 0.958. The molecule has 0 amide bonds. The topological polar surface area (TPSA) is 31.4 Å². The quantitative estimate of drug-likeness (QED) is 0.780. The van der Waals surface area contributed by atoms with E-state index in [1.165, 1.54) is 6.20 Å². The molecule has 0 bridgehead atoms. The molecule has 0 fully saturated rings. The smallest absolute Gasteiger partial charge is 0.231 e. The van der Waals surface area contributed by atoms with E-state index in [0.717, 1.165) is 6.20 Å². The van der Waals surface area contributed by atoms with Crippen molar-refractivity contribution in [2.45, 2.75) is 0 Å². The fourth-order valence-corrected chi connectivity index (χ4v) is 1.97. The third-order valence-corrected chi connectivity index (χ3v) is 2.84. The van der Waals surface area contributed by atoms with Gasteiger partial charge < -0.3 is 9.47 Å². The van der Waals surface area contributed by atoms with Crippen LogP contribution in [0.1, 0.15) is 0 Å². The van der Waals surface area contributed by atoms with Gasteiger partial charge in [0.25, 0.3) is 0 Å². The lowest BCUT2D eigenvalue weighted by molar-refractivity contribution is 0.174. The molecule has 0 atom stereocenters. The van der Waals surface area contributed by atoms with E-state index in [9.17, 15) is 4.39 Å². The van der Waals surface area contributed by atoms with Gasteiger partial charge in [-0.05, 0) is 12.1 Å². The lowest BCUT2D eigenvalue weighted by Crippen LogP contribution is -1.92. The van der Waals surface area contributed by atoms with Crippen LogP contribution >= 0.6 is 11.6 Å². The lowest BCUT2D eigenvalue weighted by atomic mass is 10.1. The van der Waals surface area contributed by atoms with Crippen LogP contribution in [0.2, 0.25) is 5.02 Å². The predicted octanol–water partition coefficient (Wildman–Crippen LogP) is 3.27. The van der Waals surface area contributed by atoms with Crippen molar-refractivity contribution in [2.24, 2.45) is 0 Å². The van der Waals surface area contributed by atoms with Crippen LogP contribution in [0.3, 0.4) is 0 Å². The summed E-state index contributed by atoms with van der Waals surface area (Å²) >= 11 is 6.09. The van der Waals surface area contributed by atoms with E-state index in [-0.39, 0.29) is 6.79 Å². The first-order valence-corrected chi connectivity index (χ1v) is 5.32. The summed E-state index contributed by atoms with van der Waals surface area (Å²) in [5.74, 6) is 0.724. The summed E-state index contributed by atoms with van der Waals surface area (Å²) in [6.45, 7) is 0.161. The highest BCUT2D eigenvalue weighted by Crippen LogP contribution is 2.41. The zero-order chi connectivity index (χ0) is 11.8. The highest BCUT2D eigenvalue weighted by atomic mass is 35.5. The number of hydrogen-bond acceptors (Lipinski definition) is 3. The van der Waals surface area contributed by atoms with Gasteiger partial charge in [0.2, 0.25) is 6.79 Å². The van der Waals surface area contributed by atoms with Crippen LogP contribution in [0.15, 0.2) is 30.6 Å². The van der Waals surface area contributed by atoms with Crippen molar-refractivity contribution < 1.29 is 13.9 Å². The Morgan fingerprint density at radius 1 is 1.18 bits per heavy atom. The molecule has 2 aromatic rings. The van der Waals surface area contributed by atoms with Gasteiger partial charge in [0, 0.05) is 23.4 Å². The first-order valence-electron chi connectivity index (χ1n) is 4.95. The van der Waals surface area contributed by atoms with Gasteiger partial charge in [-0.15, -0.1) is 0 Å². The molecule has 5 heteroatoms. The molecule has 0 saturated carbocycles. The number of pyridine rings is 1. The van der Waals surface area contributed by atoms with Crippen molar-refractivity contribution in [3.05, 3.63) is 41.4 Å². The summed E-state index contributed by atoms with van der Waals surface area (Å²) in [4.78, 5) is 3.70. The summed E-state index contributed by atoms with van der Waals surface area (Å²) in [7, 11) is 0. The van der Waals surface area contributed by atoms with Gasteiger partial charge >= 0.3 is 0 Å². The second-order valence-corrected chi connectivity index (χ2v) is 3.95. The Kier molecular flexibility index (Phi) is 2.37. The molecule has 0 spiro atoms. The molecule has 3 rings (SSSR count). The SMILES string of the molecule is Fc1cnccc1-c1cc2c(cc1Cl)OCO2. The molecule has 17 heavy (non-hydrogen) atoms. The number of aromatic nitrogens is 1. The van der Waals surface area contributed by atoms with E-state index >= 15 is 0 Å². The van der Waals surface area contributed by atoms with Crippen LogP contribution in [0.25, 0.3) is 11.1 Å². The Bertz CT molecular complexity index is 589. The first-order chi connectivity index (χ1) is 8.25. The van der Waals surface area contributed by atoms with Crippen LogP contribution in [-0.4, -0.2) is 11.8 Å². The minimum absolute atomic E-state index is 0.161. The van der Waals surface area contributed by atoms with E-state index in [1.807, 2.05) is 0 Å². The summed E-state index contributed by atoms with van der Waals surface area (Å²) in [5, 5.41) is 0.416. The molecule has 86 valence electrons. The standard InChI is InChI=1S/C12H7ClFNO2/c13-9-4-12-11(16-6-17-12)3-8(9)7-1-2-15-5-10(7)14/h1-5H,6H2. The number of halogens is 2. The second kappa shape index (κ2) is 3.89. The number of fused-ring (bicyclic) bond motifs is 1. The van der Waals surface area contributed by atoms with Crippen LogP contribution in [0.5, 0.6) is 11.5 Å². The molecule has 3 nitrogen and oxygen atoms in total. The van der Waals surface area contributed by atoms with E-state index < -0.39 is 5.82 Å². The first kappa shape index (κ1) is 10.4. The van der Waals surface area contributed by atoms with Gasteiger partial charge in [0.05, 0.1) is 11.2 Å². The molecule has 0 aliphatic carbocycles. The predicted molar refractivity (Wildman–Crippen MR) is 60.8 cm³/mol. The van der Waals surface area contributed by atoms with Crippen molar-refractivity contribution >= 4 is 11.6 Å². The van der Waals surface area contributed by atoms with Crippen molar-refractivity contribution in [3.8, 4) is 22.6 Å². The molecule has 0 saturated heterocycles. The largest absolute Gasteiger partial charge is 0.454 e. The summed E-state index contributed by atoms with van der Waals surface area (Å²) < 4.78 is 24.0. The van der Waals surface area contributed by atoms with Crippen molar-refractivity contribution in [2.75, 3.05) is 6.79 Å². The summed E-state index contributed by atoms with van der Waals surface area (Å²) in [6.07, 6.45) is 2.66. The van der Waals surface area contributed by atoms with E-state index in [0.29, 0.717) is 27.6 Å². The number of ether oxygens (including phenoxy) is 2. The van der Waals surface area contributed by atoms with E-state index in [2.05, 4.69) is 4.98 Å².